The van der Waals surface area contributed by atoms with Gasteiger partial charge in [-0.2, -0.15) is 0 Å². The highest BCUT2D eigenvalue weighted by Gasteiger charge is 2.40. The molecule has 3 unspecified atom stereocenters. The Hall–Kier alpha value is -1.26. The van der Waals surface area contributed by atoms with Crippen molar-refractivity contribution < 1.29 is 9.53 Å². The Kier molecular flexibility index (Phi) is 6.75. The van der Waals surface area contributed by atoms with Gasteiger partial charge in [0.2, 0.25) is 0 Å². The summed E-state index contributed by atoms with van der Waals surface area (Å²) in [5, 5.41) is 3.45. The fourth-order valence-corrected chi connectivity index (χ4v) is 4.01. The molecule has 25 heavy (non-hydrogen) atoms. The van der Waals surface area contributed by atoms with Crippen LogP contribution in [0.5, 0.6) is 5.75 Å². The lowest BCUT2D eigenvalue weighted by Gasteiger charge is -2.31. The van der Waals surface area contributed by atoms with E-state index in [1.165, 1.54) is 5.56 Å². The van der Waals surface area contributed by atoms with Gasteiger partial charge in [0.15, 0.2) is 6.10 Å². The van der Waals surface area contributed by atoms with Gasteiger partial charge in [-0.25, -0.2) is 0 Å². The summed E-state index contributed by atoms with van der Waals surface area (Å²) in [5.74, 6) is 1.37. The van der Waals surface area contributed by atoms with Gasteiger partial charge < -0.3 is 15.0 Å². The molecule has 1 amide bonds. The molecule has 2 bridgehead atoms. The number of hydrogen-bond donors (Lipinski definition) is 1. The van der Waals surface area contributed by atoms with Crippen molar-refractivity contribution in [3.63, 3.8) is 0 Å². The predicted molar refractivity (Wildman–Crippen MR) is 104 cm³/mol. The third-order valence-corrected chi connectivity index (χ3v) is 5.35. The zero-order valence-corrected chi connectivity index (χ0v) is 16.6. The number of amides is 1. The lowest BCUT2D eigenvalue weighted by atomic mass is 10.0. The number of fused-ring (bicyclic) bond motifs is 2. The van der Waals surface area contributed by atoms with Gasteiger partial charge in [-0.05, 0) is 62.8 Å². The second-order valence-corrected chi connectivity index (χ2v) is 7.58. The number of ether oxygens (including phenoxy) is 1. The summed E-state index contributed by atoms with van der Waals surface area (Å²) in [7, 11) is 0. The zero-order valence-electron chi connectivity index (χ0n) is 15.7. The van der Waals surface area contributed by atoms with Gasteiger partial charge in [0.1, 0.15) is 5.75 Å². The number of nitrogens with zero attached hydrogens (tertiary/aromatic N) is 1. The number of rotatable bonds is 4. The molecule has 1 aromatic rings. The van der Waals surface area contributed by atoms with Gasteiger partial charge in [-0.15, -0.1) is 12.4 Å². The second kappa shape index (κ2) is 8.41. The van der Waals surface area contributed by atoms with E-state index in [9.17, 15) is 4.79 Å². The van der Waals surface area contributed by atoms with Gasteiger partial charge in [0.05, 0.1) is 0 Å². The van der Waals surface area contributed by atoms with Crippen LogP contribution in [0, 0.1) is 6.92 Å². The molecular weight excluding hydrogens is 336 g/mol. The van der Waals surface area contributed by atoms with Crippen LogP contribution >= 0.6 is 12.4 Å². The van der Waals surface area contributed by atoms with E-state index in [1.54, 1.807) is 0 Å². The van der Waals surface area contributed by atoms with Crippen molar-refractivity contribution >= 4 is 18.3 Å². The molecule has 2 aliphatic rings. The Labute approximate surface area is 157 Å². The average Bonchev–Trinajstić information content (AvgIpc) is 2.79. The maximum Gasteiger partial charge on any atom is 0.263 e. The molecule has 4 nitrogen and oxygen atoms in total. The molecule has 2 fully saturated rings. The number of hydrogen-bond acceptors (Lipinski definition) is 3. The first-order valence-corrected chi connectivity index (χ1v) is 9.27. The topological polar surface area (TPSA) is 41.6 Å². The fourth-order valence-electron chi connectivity index (χ4n) is 4.01. The second-order valence-electron chi connectivity index (χ2n) is 7.58. The van der Waals surface area contributed by atoms with Gasteiger partial charge in [0.25, 0.3) is 5.91 Å². The maximum absolute atomic E-state index is 13.1. The summed E-state index contributed by atoms with van der Waals surface area (Å²) in [5.41, 5.74) is 2.33. The molecule has 0 aliphatic carbocycles. The van der Waals surface area contributed by atoms with Crippen LogP contribution in [0.2, 0.25) is 0 Å². The summed E-state index contributed by atoms with van der Waals surface area (Å²) >= 11 is 0. The number of aryl methyl sites for hydroxylation is 1. The molecule has 2 saturated heterocycles. The smallest absolute Gasteiger partial charge is 0.263 e. The minimum Gasteiger partial charge on any atom is -0.481 e. The first-order valence-electron chi connectivity index (χ1n) is 9.27. The Morgan fingerprint density at radius 2 is 1.92 bits per heavy atom. The van der Waals surface area contributed by atoms with Crippen molar-refractivity contribution in [1.82, 2.24) is 10.2 Å². The highest BCUT2D eigenvalue weighted by Crippen LogP contribution is 2.31. The molecule has 0 aromatic heterocycles. The molecule has 5 heteroatoms. The van der Waals surface area contributed by atoms with Gasteiger partial charge >= 0.3 is 0 Å². The molecular formula is C20H31ClN2O2. The minimum atomic E-state index is -0.439. The summed E-state index contributed by atoms with van der Waals surface area (Å²) in [6.07, 6.45) is 2.85. The quantitative estimate of drug-likeness (QED) is 0.884. The van der Waals surface area contributed by atoms with Crippen LogP contribution in [-0.4, -0.2) is 42.1 Å². The number of halogens is 1. The van der Waals surface area contributed by atoms with Crippen molar-refractivity contribution in [2.45, 2.75) is 71.1 Å². The van der Waals surface area contributed by atoms with E-state index in [0.717, 1.165) is 43.7 Å². The van der Waals surface area contributed by atoms with Crippen LogP contribution in [0.3, 0.4) is 0 Å². The van der Waals surface area contributed by atoms with Crippen molar-refractivity contribution in [1.29, 1.82) is 0 Å². The van der Waals surface area contributed by atoms with Gasteiger partial charge in [-0.3, -0.25) is 4.79 Å². The molecule has 3 atom stereocenters. The van der Waals surface area contributed by atoms with Crippen molar-refractivity contribution in [2.24, 2.45) is 0 Å². The zero-order chi connectivity index (χ0) is 17.3. The van der Waals surface area contributed by atoms with Crippen LogP contribution in [-0.2, 0) is 4.79 Å². The number of carbonyl (C=O) groups is 1. The van der Waals surface area contributed by atoms with Crippen LogP contribution in [0.15, 0.2) is 18.2 Å². The van der Waals surface area contributed by atoms with Gasteiger partial charge in [-0.1, -0.05) is 26.0 Å². The average molecular weight is 367 g/mol. The maximum atomic E-state index is 13.1. The fraction of sp³-hybridized carbons (Fsp3) is 0.650. The summed E-state index contributed by atoms with van der Waals surface area (Å²) < 4.78 is 6.16. The molecule has 0 saturated carbocycles. The first-order chi connectivity index (χ1) is 11.5. The van der Waals surface area contributed by atoms with Crippen molar-refractivity contribution in [3.05, 3.63) is 29.3 Å². The molecule has 2 heterocycles. The summed E-state index contributed by atoms with van der Waals surface area (Å²) in [6, 6.07) is 6.99. The van der Waals surface area contributed by atoms with Crippen LogP contribution in [0.1, 0.15) is 57.1 Å². The SMILES string of the molecule is Cc1ccc(C(C)C)c(OC(C)C(=O)N2C3CCNCC2CC3)c1.Cl. The standard InChI is InChI=1S/C20H30N2O2.ClH/c1-13(2)18-8-5-14(3)11-19(18)24-15(4)20(23)22-16-6-7-17(22)12-21-10-9-16;/h5,8,11,13,15-17,21H,6-7,9-10,12H2,1-4H3;1H. The van der Waals surface area contributed by atoms with E-state index < -0.39 is 6.10 Å². The Morgan fingerprint density at radius 3 is 2.64 bits per heavy atom. The van der Waals surface area contributed by atoms with Crippen LogP contribution in [0.4, 0.5) is 0 Å². The largest absolute Gasteiger partial charge is 0.481 e. The highest BCUT2D eigenvalue weighted by atomic mass is 35.5. The molecule has 1 N–H and O–H groups in total. The Bertz CT molecular complexity index is 591. The molecule has 0 radical (unpaired) electrons. The van der Waals surface area contributed by atoms with Crippen LogP contribution in [0.25, 0.3) is 0 Å². The molecule has 3 rings (SSSR count). The molecule has 2 aliphatic heterocycles. The predicted octanol–water partition coefficient (Wildman–Crippen LogP) is 3.66. The number of benzene rings is 1. The van der Waals surface area contributed by atoms with Crippen molar-refractivity contribution in [3.8, 4) is 5.75 Å². The lowest BCUT2D eigenvalue weighted by molar-refractivity contribution is -0.140. The summed E-state index contributed by atoms with van der Waals surface area (Å²) in [6.45, 7) is 10.2. The van der Waals surface area contributed by atoms with E-state index in [-0.39, 0.29) is 18.3 Å². The van der Waals surface area contributed by atoms with E-state index >= 15 is 0 Å². The molecule has 140 valence electrons. The lowest BCUT2D eigenvalue weighted by Crippen LogP contribution is -2.48. The Morgan fingerprint density at radius 1 is 1.20 bits per heavy atom. The van der Waals surface area contributed by atoms with E-state index in [0.29, 0.717) is 18.0 Å². The normalized spacial score (nSPS) is 23.8. The van der Waals surface area contributed by atoms with Gasteiger partial charge in [0, 0.05) is 18.6 Å². The third-order valence-electron chi connectivity index (χ3n) is 5.35. The summed E-state index contributed by atoms with van der Waals surface area (Å²) in [4.78, 5) is 15.2. The van der Waals surface area contributed by atoms with E-state index in [4.69, 9.17) is 4.74 Å². The third kappa shape index (κ3) is 4.29. The monoisotopic (exact) mass is 366 g/mol. The molecule has 0 spiro atoms. The van der Waals surface area contributed by atoms with Crippen LogP contribution < -0.4 is 10.1 Å². The Balaban J connectivity index is 0.00000225. The van der Waals surface area contributed by atoms with E-state index in [2.05, 4.69) is 49.2 Å². The molecule has 1 aromatic carbocycles. The number of carbonyl (C=O) groups excluding carboxylic acids is 1. The highest BCUT2D eigenvalue weighted by molar-refractivity contribution is 5.85. The van der Waals surface area contributed by atoms with Crippen molar-refractivity contribution in [2.75, 3.05) is 13.1 Å². The number of nitrogens with one attached hydrogen (secondary N) is 1. The van der Waals surface area contributed by atoms with E-state index in [1.807, 2.05) is 6.92 Å². The minimum absolute atomic E-state index is 0. The first kappa shape index (κ1) is 20.1.